The molecule has 0 bridgehead atoms. The van der Waals surface area contributed by atoms with E-state index < -0.39 is 0 Å². The second kappa shape index (κ2) is 12.6. The van der Waals surface area contributed by atoms with Crippen LogP contribution in [0.5, 0.6) is 0 Å². The van der Waals surface area contributed by atoms with Crippen molar-refractivity contribution in [3.63, 3.8) is 0 Å². The van der Waals surface area contributed by atoms with Crippen LogP contribution in [0.1, 0.15) is 20.8 Å². The lowest BCUT2D eigenvalue weighted by atomic mass is 10.2. The van der Waals surface area contributed by atoms with Crippen molar-refractivity contribution < 1.29 is 4.74 Å². The van der Waals surface area contributed by atoms with Crippen molar-refractivity contribution >= 4 is 0 Å². The average molecular weight is 296 g/mol. The van der Waals surface area contributed by atoms with Gasteiger partial charge < -0.3 is 4.74 Å². The molecule has 2 unspecified atom stereocenters. The van der Waals surface area contributed by atoms with E-state index in [0.29, 0.717) is 0 Å². The van der Waals surface area contributed by atoms with Gasteiger partial charge in [0.05, 0.1) is 12.2 Å². The van der Waals surface area contributed by atoms with Crippen molar-refractivity contribution in [3.05, 3.63) is 97.7 Å². The standard InChI is InChI=1S/C21H28O/c1-7-11-13-21(10-4)17-15-19(6)22-18(5)14-16-20(9-3)12-8-2/h7-19H,2-4H2,1,5-6H3/b11-7-,16-14+,17-15+,20-12+,21-13+. The van der Waals surface area contributed by atoms with Gasteiger partial charge in [0.25, 0.3) is 0 Å². The Hall–Kier alpha value is -2.12. The van der Waals surface area contributed by atoms with Gasteiger partial charge in [0.1, 0.15) is 0 Å². The quantitative estimate of drug-likeness (QED) is 0.457. The highest BCUT2D eigenvalue weighted by Gasteiger charge is 2.02. The van der Waals surface area contributed by atoms with Gasteiger partial charge in [-0.2, -0.15) is 0 Å². The van der Waals surface area contributed by atoms with Crippen molar-refractivity contribution in [3.8, 4) is 0 Å². The van der Waals surface area contributed by atoms with Crippen LogP contribution in [0.4, 0.5) is 0 Å². The zero-order valence-corrected chi connectivity index (χ0v) is 14.0. The van der Waals surface area contributed by atoms with Gasteiger partial charge in [-0.1, -0.05) is 86.6 Å². The van der Waals surface area contributed by atoms with Crippen LogP contribution < -0.4 is 0 Å². The molecule has 0 heterocycles. The Morgan fingerprint density at radius 1 is 0.864 bits per heavy atom. The lowest BCUT2D eigenvalue weighted by Gasteiger charge is -2.13. The van der Waals surface area contributed by atoms with Gasteiger partial charge in [0.2, 0.25) is 0 Å². The van der Waals surface area contributed by atoms with Crippen LogP contribution in [-0.2, 0) is 4.74 Å². The van der Waals surface area contributed by atoms with E-state index in [9.17, 15) is 0 Å². The summed E-state index contributed by atoms with van der Waals surface area (Å²) in [5.41, 5.74) is 2.07. The summed E-state index contributed by atoms with van der Waals surface area (Å²) in [6.07, 6.45) is 21.3. The van der Waals surface area contributed by atoms with E-state index in [1.165, 1.54) is 0 Å². The molecule has 0 amide bonds. The Morgan fingerprint density at radius 3 is 1.77 bits per heavy atom. The maximum atomic E-state index is 5.88. The summed E-state index contributed by atoms with van der Waals surface area (Å²) in [4.78, 5) is 0. The minimum Gasteiger partial charge on any atom is -0.367 e. The summed E-state index contributed by atoms with van der Waals surface area (Å²) in [6.45, 7) is 17.3. The molecule has 0 saturated heterocycles. The molecule has 1 nitrogen and oxygen atoms in total. The second-order valence-corrected chi connectivity index (χ2v) is 4.77. The Balaban J connectivity index is 4.58. The third-order valence-corrected chi connectivity index (χ3v) is 2.81. The van der Waals surface area contributed by atoms with Gasteiger partial charge in [-0.15, -0.1) is 0 Å². The van der Waals surface area contributed by atoms with Crippen LogP contribution in [0.3, 0.4) is 0 Å². The largest absolute Gasteiger partial charge is 0.367 e. The highest BCUT2D eigenvalue weighted by molar-refractivity contribution is 5.33. The maximum Gasteiger partial charge on any atom is 0.0738 e. The van der Waals surface area contributed by atoms with E-state index >= 15 is 0 Å². The lowest BCUT2D eigenvalue weighted by molar-refractivity contribution is 0.0631. The second-order valence-electron chi connectivity index (χ2n) is 4.77. The zero-order valence-electron chi connectivity index (χ0n) is 14.0. The zero-order chi connectivity index (χ0) is 16.8. The minimum absolute atomic E-state index is 0.0134. The van der Waals surface area contributed by atoms with Crippen LogP contribution in [0.25, 0.3) is 0 Å². The van der Waals surface area contributed by atoms with E-state index in [4.69, 9.17) is 4.74 Å². The normalized spacial score (nSPS) is 16.3. The number of hydrogen-bond donors (Lipinski definition) is 0. The Labute approximate surface area is 136 Å². The highest BCUT2D eigenvalue weighted by Crippen LogP contribution is 2.07. The molecule has 0 radical (unpaired) electrons. The summed E-state index contributed by atoms with van der Waals surface area (Å²) >= 11 is 0. The van der Waals surface area contributed by atoms with E-state index in [1.807, 2.05) is 75.5 Å². The van der Waals surface area contributed by atoms with Crippen molar-refractivity contribution in [2.75, 3.05) is 0 Å². The van der Waals surface area contributed by atoms with E-state index in [2.05, 4.69) is 19.7 Å². The first-order chi connectivity index (χ1) is 10.6. The Morgan fingerprint density at radius 2 is 1.36 bits per heavy atom. The molecule has 0 aromatic carbocycles. The monoisotopic (exact) mass is 296 g/mol. The summed E-state index contributed by atoms with van der Waals surface area (Å²) in [6, 6.07) is 0. The van der Waals surface area contributed by atoms with Crippen LogP contribution in [-0.4, -0.2) is 12.2 Å². The van der Waals surface area contributed by atoms with Crippen LogP contribution >= 0.6 is 0 Å². The molecule has 2 atom stereocenters. The van der Waals surface area contributed by atoms with E-state index in [0.717, 1.165) is 11.1 Å². The predicted molar refractivity (Wildman–Crippen MR) is 99.9 cm³/mol. The number of ether oxygens (including phenoxy) is 1. The third kappa shape index (κ3) is 9.73. The predicted octanol–water partition coefficient (Wildman–Crippen LogP) is 5.88. The molecule has 0 spiro atoms. The molecular formula is C21H28O. The molecule has 0 fully saturated rings. The fraction of sp³-hybridized carbons (Fsp3) is 0.238. The molecule has 0 aliphatic carbocycles. The van der Waals surface area contributed by atoms with Crippen LogP contribution in [0.15, 0.2) is 97.7 Å². The van der Waals surface area contributed by atoms with Crippen LogP contribution in [0.2, 0.25) is 0 Å². The van der Waals surface area contributed by atoms with Gasteiger partial charge >= 0.3 is 0 Å². The summed E-state index contributed by atoms with van der Waals surface area (Å²) in [5.74, 6) is 0. The smallest absolute Gasteiger partial charge is 0.0738 e. The summed E-state index contributed by atoms with van der Waals surface area (Å²) in [5, 5.41) is 0. The molecule has 0 aromatic rings. The van der Waals surface area contributed by atoms with Crippen molar-refractivity contribution in [1.29, 1.82) is 0 Å². The van der Waals surface area contributed by atoms with Crippen molar-refractivity contribution in [1.82, 2.24) is 0 Å². The first-order valence-corrected chi connectivity index (χ1v) is 7.49. The Bertz CT molecular complexity index is 498. The first kappa shape index (κ1) is 19.9. The SMILES string of the molecule is C=C/C=C(C=C)/C=C/C(C)OC(C)/C=C/C(C=C)=C/C=C\C. The fourth-order valence-electron chi connectivity index (χ4n) is 1.65. The summed E-state index contributed by atoms with van der Waals surface area (Å²) in [7, 11) is 0. The topological polar surface area (TPSA) is 9.23 Å². The highest BCUT2D eigenvalue weighted by atomic mass is 16.5. The van der Waals surface area contributed by atoms with E-state index in [1.54, 1.807) is 12.2 Å². The molecule has 1 heteroatoms. The molecule has 0 N–H and O–H groups in total. The van der Waals surface area contributed by atoms with Crippen molar-refractivity contribution in [2.24, 2.45) is 0 Å². The number of rotatable bonds is 10. The third-order valence-electron chi connectivity index (χ3n) is 2.81. The molecule has 0 aliphatic rings. The lowest BCUT2D eigenvalue weighted by Crippen LogP contribution is -2.12. The van der Waals surface area contributed by atoms with Gasteiger partial charge in [0.15, 0.2) is 0 Å². The number of allylic oxidation sites excluding steroid dienone is 11. The van der Waals surface area contributed by atoms with Gasteiger partial charge in [-0.25, -0.2) is 0 Å². The Kier molecular flexibility index (Phi) is 11.4. The average Bonchev–Trinajstić information content (AvgIpc) is 2.51. The van der Waals surface area contributed by atoms with Crippen LogP contribution in [0, 0.1) is 0 Å². The maximum absolute atomic E-state index is 5.88. The minimum atomic E-state index is 0.0134. The van der Waals surface area contributed by atoms with E-state index in [-0.39, 0.29) is 12.2 Å². The molecule has 0 aliphatic heterocycles. The van der Waals surface area contributed by atoms with Crippen molar-refractivity contribution in [2.45, 2.75) is 33.0 Å². The fourth-order valence-corrected chi connectivity index (χ4v) is 1.65. The molecule has 22 heavy (non-hydrogen) atoms. The van der Waals surface area contributed by atoms with Gasteiger partial charge in [-0.05, 0) is 31.9 Å². The molecule has 0 aromatic heterocycles. The van der Waals surface area contributed by atoms with Gasteiger partial charge in [-0.3, -0.25) is 0 Å². The molecule has 0 saturated carbocycles. The molecule has 118 valence electrons. The molecule has 0 rings (SSSR count). The first-order valence-electron chi connectivity index (χ1n) is 7.49. The van der Waals surface area contributed by atoms with Gasteiger partial charge in [0, 0.05) is 0 Å². The summed E-state index contributed by atoms with van der Waals surface area (Å²) < 4.78 is 5.88. The number of hydrogen-bond acceptors (Lipinski definition) is 1. The molecular weight excluding hydrogens is 268 g/mol.